The summed E-state index contributed by atoms with van der Waals surface area (Å²) < 4.78 is 1.51. The lowest BCUT2D eigenvalue weighted by Crippen LogP contribution is -2.45. The number of aryl methyl sites for hydroxylation is 1. The van der Waals surface area contributed by atoms with Crippen LogP contribution < -0.4 is 0 Å². The summed E-state index contributed by atoms with van der Waals surface area (Å²) in [6.45, 7) is 5.26. The van der Waals surface area contributed by atoms with Gasteiger partial charge in [-0.25, -0.2) is 9.97 Å². The molecule has 1 saturated carbocycles. The van der Waals surface area contributed by atoms with Crippen LogP contribution in [0, 0.1) is 12.3 Å². The summed E-state index contributed by atoms with van der Waals surface area (Å²) >= 11 is 0. The van der Waals surface area contributed by atoms with Crippen molar-refractivity contribution in [2.24, 2.45) is 5.41 Å². The highest BCUT2D eigenvalue weighted by Crippen LogP contribution is 2.59. The number of rotatable bonds is 6. The third-order valence-electron chi connectivity index (χ3n) is 7.48. The summed E-state index contributed by atoms with van der Waals surface area (Å²) in [7, 11) is 0. The van der Waals surface area contributed by atoms with E-state index in [-0.39, 0.29) is 41.2 Å². The highest BCUT2D eigenvalue weighted by Gasteiger charge is 2.64. The number of pyridine rings is 2. The van der Waals surface area contributed by atoms with Gasteiger partial charge >= 0.3 is 0 Å². The number of amides is 1. The fourth-order valence-electron chi connectivity index (χ4n) is 5.38. The van der Waals surface area contributed by atoms with Gasteiger partial charge in [0.2, 0.25) is 11.7 Å². The molecule has 1 aliphatic carbocycles. The zero-order valence-electron chi connectivity index (χ0n) is 20.8. The van der Waals surface area contributed by atoms with Crippen LogP contribution in [0.3, 0.4) is 0 Å². The number of Topliss-reactive ketones (excluding diaryl/α,β-unsaturated/α-hetero) is 2. The fourth-order valence-corrected chi connectivity index (χ4v) is 5.38. The molecule has 3 atom stereocenters. The summed E-state index contributed by atoms with van der Waals surface area (Å²) in [5, 5.41) is 5.09. The number of likely N-dealkylation sites (tertiary alicyclic amines) is 1. The van der Waals surface area contributed by atoms with Crippen LogP contribution in [0.5, 0.6) is 0 Å². The lowest BCUT2D eigenvalue weighted by molar-refractivity contribution is -0.133. The van der Waals surface area contributed by atoms with Gasteiger partial charge in [0.15, 0.2) is 5.78 Å². The van der Waals surface area contributed by atoms with Gasteiger partial charge in [-0.05, 0) is 43.4 Å². The number of nitrogens with zero attached hydrogens (tertiary/aromatic N) is 7. The van der Waals surface area contributed by atoms with Gasteiger partial charge in [-0.1, -0.05) is 13.0 Å². The Morgan fingerprint density at radius 2 is 1.84 bits per heavy atom. The molecule has 2 aliphatic rings. The summed E-state index contributed by atoms with van der Waals surface area (Å²) in [6.07, 6.45) is 8.03. The van der Waals surface area contributed by atoms with Crippen molar-refractivity contribution in [3.63, 3.8) is 0 Å². The molecule has 1 saturated heterocycles. The lowest BCUT2D eigenvalue weighted by atomic mass is 9.97. The van der Waals surface area contributed by atoms with Gasteiger partial charge in [-0.2, -0.15) is 5.10 Å². The van der Waals surface area contributed by atoms with Crippen molar-refractivity contribution < 1.29 is 14.4 Å². The largest absolute Gasteiger partial charge is 0.327 e. The predicted octanol–water partition coefficient (Wildman–Crippen LogP) is 3.06. The fraction of sp³-hybridized carbons (Fsp3) is 0.333. The standard InChI is InChI=1S/C27H25N7O3/c1-15(35)25-18-8-20(17-11-29-16(2)30-12-17)31-13-22(18)33(32-25)14-24(36)34-21(9-27(3)10-23(27)34)26(37)19-6-4-5-7-28-19/h4-8,11-13,21,23H,9-10,14H2,1-3H3/t21?,23?,27-/m0/s1. The first kappa shape index (κ1) is 23.1. The quantitative estimate of drug-likeness (QED) is 0.374. The van der Waals surface area contributed by atoms with Crippen molar-refractivity contribution in [2.45, 2.75) is 52.2 Å². The van der Waals surface area contributed by atoms with Crippen molar-refractivity contribution in [2.75, 3.05) is 0 Å². The summed E-state index contributed by atoms with van der Waals surface area (Å²) in [5.74, 6) is 0.0708. The van der Waals surface area contributed by atoms with E-state index < -0.39 is 6.04 Å². The van der Waals surface area contributed by atoms with Crippen LogP contribution in [0.2, 0.25) is 0 Å². The van der Waals surface area contributed by atoms with Crippen molar-refractivity contribution in [1.29, 1.82) is 0 Å². The third kappa shape index (κ3) is 3.89. The smallest absolute Gasteiger partial charge is 0.245 e. The van der Waals surface area contributed by atoms with E-state index in [1.54, 1.807) is 60.9 Å². The zero-order valence-corrected chi connectivity index (χ0v) is 20.8. The molecular weight excluding hydrogens is 470 g/mol. The molecule has 37 heavy (non-hydrogen) atoms. The van der Waals surface area contributed by atoms with Gasteiger partial charge in [-0.3, -0.25) is 29.0 Å². The minimum Gasteiger partial charge on any atom is -0.327 e. The van der Waals surface area contributed by atoms with Gasteiger partial charge in [0.05, 0.1) is 23.4 Å². The summed E-state index contributed by atoms with van der Waals surface area (Å²) in [5.41, 5.74) is 2.45. The average molecular weight is 496 g/mol. The molecular formula is C27H25N7O3. The molecule has 6 rings (SSSR count). The molecule has 0 aromatic carbocycles. The lowest BCUT2D eigenvalue weighted by Gasteiger charge is -2.26. The number of aromatic nitrogens is 6. The normalized spacial score (nSPS) is 22.2. The molecule has 1 amide bonds. The number of hydrogen-bond donors (Lipinski definition) is 0. The Morgan fingerprint density at radius 1 is 1.05 bits per heavy atom. The number of piperidine rings is 1. The van der Waals surface area contributed by atoms with E-state index >= 15 is 0 Å². The number of fused-ring (bicyclic) bond motifs is 2. The van der Waals surface area contributed by atoms with Crippen LogP contribution in [0.25, 0.3) is 22.2 Å². The van der Waals surface area contributed by atoms with Crippen molar-refractivity contribution in [3.8, 4) is 11.3 Å². The van der Waals surface area contributed by atoms with E-state index in [4.69, 9.17) is 0 Å². The third-order valence-corrected chi connectivity index (χ3v) is 7.48. The molecule has 0 N–H and O–H groups in total. The number of carbonyl (C=O) groups is 3. The van der Waals surface area contributed by atoms with Crippen molar-refractivity contribution >= 4 is 28.4 Å². The van der Waals surface area contributed by atoms with E-state index in [1.807, 2.05) is 0 Å². The number of ketones is 2. The Balaban J connectivity index is 1.33. The van der Waals surface area contributed by atoms with Gasteiger partial charge in [-0.15, -0.1) is 0 Å². The maximum Gasteiger partial charge on any atom is 0.245 e. The minimum atomic E-state index is -0.563. The topological polar surface area (TPSA) is 124 Å². The molecule has 10 heteroatoms. The van der Waals surface area contributed by atoms with E-state index in [2.05, 4.69) is 32.0 Å². The van der Waals surface area contributed by atoms with Gasteiger partial charge < -0.3 is 4.90 Å². The van der Waals surface area contributed by atoms with E-state index in [9.17, 15) is 14.4 Å². The zero-order chi connectivity index (χ0) is 25.9. The average Bonchev–Trinajstić information content (AvgIpc) is 3.26. The predicted molar refractivity (Wildman–Crippen MR) is 134 cm³/mol. The maximum absolute atomic E-state index is 13.7. The van der Waals surface area contributed by atoms with Crippen LogP contribution in [0.15, 0.2) is 49.1 Å². The Kier molecular flexibility index (Phi) is 5.22. The molecule has 4 aromatic heterocycles. The van der Waals surface area contributed by atoms with Gasteiger partial charge in [0.1, 0.15) is 23.8 Å². The first-order valence-corrected chi connectivity index (χ1v) is 12.2. The molecule has 0 spiro atoms. The second-order valence-corrected chi connectivity index (χ2v) is 10.1. The van der Waals surface area contributed by atoms with E-state index in [1.165, 1.54) is 11.6 Å². The molecule has 0 bridgehead atoms. The molecule has 186 valence electrons. The summed E-state index contributed by atoms with van der Waals surface area (Å²) in [4.78, 5) is 58.3. The molecule has 5 heterocycles. The molecule has 4 aromatic rings. The Labute approximate surface area is 212 Å². The van der Waals surface area contributed by atoms with E-state index in [0.717, 1.165) is 6.42 Å². The molecule has 2 fully saturated rings. The molecule has 10 nitrogen and oxygen atoms in total. The second kappa shape index (κ2) is 8.36. The molecule has 0 radical (unpaired) electrons. The van der Waals surface area contributed by atoms with Crippen LogP contribution in [0.4, 0.5) is 0 Å². The maximum atomic E-state index is 13.7. The van der Waals surface area contributed by atoms with Crippen LogP contribution >= 0.6 is 0 Å². The Bertz CT molecular complexity index is 1560. The van der Waals surface area contributed by atoms with Crippen LogP contribution in [-0.4, -0.2) is 64.2 Å². The summed E-state index contributed by atoms with van der Waals surface area (Å²) in [6, 6.07) is 6.43. The Hall–Kier alpha value is -4.34. The highest BCUT2D eigenvalue weighted by molar-refractivity contribution is 6.06. The van der Waals surface area contributed by atoms with Crippen LogP contribution in [-0.2, 0) is 11.3 Å². The number of hydrogen-bond acceptors (Lipinski definition) is 8. The van der Waals surface area contributed by atoms with Gasteiger partial charge in [0.25, 0.3) is 0 Å². The molecule has 2 unspecified atom stereocenters. The van der Waals surface area contributed by atoms with E-state index in [0.29, 0.717) is 40.1 Å². The minimum absolute atomic E-state index is 0.0121. The van der Waals surface area contributed by atoms with Crippen LogP contribution in [0.1, 0.15) is 53.5 Å². The SMILES string of the molecule is CC(=O)c1nn(CC(=O)N2C(C(=O)c3ccccn3)C[C@@]3(C)CC23)c2cnc(-c3cnc(C)nc3)cc12. The Morgan fingerprint density at radius 3 is 2.54 bits per heavy atom. The second-order valence-electron chi connectivity index (χ2n) is 10.1. The van der Waals surface area contributed by atoms with Gasteiger partial charge in [0, 0.05) is 42.5 Å². The first-order valence-electron chi connectivity index (χ1n) is 12.2. The molecule has 1 aliphatic heterocycles. The first-order chi connectivity index (χ1) is 17.7. The monoisotopic (exact) mass is 495 g/mol. The van der Waals surface area contributed by atoms with Crippen molar-refractivity contribution in [1.82, 2.24) is 34.6 Å². The highest BCUT2D eigenvalue weighted by atomic mass is 16.2. The number of carbonyl (C=O) groups excluding carboxylic acids is 3. The van der Waals surface area contributed by atoms with Crippen molar-refractivity contribution in [3.05, 3.63) is 66.3 Å².